The van der Waals surface area contributed by atoms with Crippen LogP contribution >= 0.6 is 0 Å². The molecule has 6 N–H and O–H groups in total. The van der Waals surface area contributed by atoms with Crippen LogP contribution in [-0.4, -0.2) is 80.4 Å². The molecule has 1 aromatic heterocycles. The number of hydrazine groups is 3. The van der Waals surface area contributed by atoms with E-state index in [1.54, 1.807) is 0 Å². The molecule has 172 valence electrons. The van der Waals surface area contributed by atoms with E-state index in [1.165, 1.54) is 11.3 Å². The maximum atomic E-state index is 7.93. The number of piperazine rings is 1. The Balaban J connectivity index is 1.34. The van der Waals surface area contributed by atoms with Crippen molar-refractivity contribution in [3.05, 3.63) is 36.7 Å². The number of nitrogens with one attached hydrogen (secondary N) is 4. The minimum Gasteiger partial charge on any atom is -0.378 e. The van der Waals surface area contributed by atoms with Crippen LogP contribution in [0, 0.1) is 5.41 Å². The molecule has 0 atom stereocenters. The van der Waals surface area contributed by atoms with Gasteiger partial charge in [0.2, 0.25) is 5.96 Å². The number of morpholine rings is 1. The Hall–Kier alpha value is -3.19. The predicted octanol–water partition coefficient (Wildman–Crippen LogP) is -0.199. The molecule has 1 aromatic carbocycles. The highest BCUT2D eigenvalue weighted by Gasteiger charge is 2.18. The van der Waals surface area contributed by atoms with Gasteiger partial charge in [0.15, 0.2) is 5.82 Å². The fourth-order valence-corrected chi connectivity index (χ4v) is 3.64. The van der Waals surface area contributed by atoms with Crippen LogP contribution in [0.4, 0.5) is 23.0 Å². The highest BCUT2D eigenvalue weighted by molar-refractivity contribution is 5.90. The van der Waals surface area contributed by atoms with E-state index in [2.05, 4.69) is 60.3 Å². The van der Waals surface area contributed by atoms with E-state index in [-0.39, 0.29) is 5.96 Å². The molecule has 2 aliphatic heterocycles. The van der Waals surface area contributed by atoms with Gasteiger partial charge in [-0.25, -0.2) is 15.0 Å². The van der Waals surface area contributed by atoms with E-state index in [1.807, 2.05) is 18.2 Å². The summed E-state index contributed by atoms with van der Waals surface area (Å²) in [6.07, 6.45) is 1.48. The van der Waals surface area contributed by atoms with E-state index in [0.717, 1.165) is 69.7 Å². The molecule has 2 fully saturated rings. The van der Waals surface area contributed by atoms with Crippen molar-refractivity contribution in [2.45, 2.75) is 0 Å². The van der Waals surface area contributed by atoms with Crippen molar-refractivity contribution in [3.63, 3.8) is 0 Å². The first kappa shape index (κ1) is 22.0. The highest BCUT2D eigenvalue weighted by Crippen LogP contribution is 2.19. The van der Waals surface area contributed by atoms with Gasteiger partial charge in [0.1, 0.15) is 12.1 Å². The minimum absolute atomic E-state index is 0.204. The fourth-order valence-electron chi connectivity index (χ4n) is 3.64. The van der Waals surface area contributed by atoms with Crippen LogP contribution in [0.2, 0.25) is 0 Å². The number of guanidine groups is 1. The average molecular weight is 442 g/mol. The zero-order valence-electron chi connectivity index (χ0n) is 18.3. The molecule has 0 radical (unpaired) electrons. The second-order valence-electron chi connectivity index (χ2n) is 7.75. The van der Waals surface area contributed by atoms with Gasteiger partial charge in [-0.1, -0.05) is 0 Å². The van der Waals surface area contributed by atoms with Crippen molar-refractivity contribution in [1.29, 1.82) is 5.41 Å². The molecule has 0 amide bonds. The predicted molar refractivity (Wildman–Crippen MR) is 126 cm³/mol. The van der Waals surface area contributed by atoms with Crippen molar-refractivity contribution in [3.8, 4) is 0 Å². The molecule has 0 aliphatic carbocycles. The first-order chi connectivity index (χ1) is 15.6. The van der Waals surface area contributed by atoms with Crippen LogP contribution in [0.5, 0.6) is 0 Å². The molecular formula is C20H31N11O. The summed E-state index contributed by atoms with van der Waals surface area (Å²) in [4.78, 5) is 15.4. The molecule has 2 saturated heterocycles. The zero-order valence-corrected chi connectivity index (χ0v) is 18.3. The average Bonchev–Trinajstić information content (AvgIpc) is 2.83. The molecule has 2 aliphatic rings. The fraction of sp³-hybridized carbons (Fsp3) is 0.450. The Morgan fingerprint density at radius 2 is 1.75 bits per heavy atom. The van der Waals surface area contributed by atoms with Gasteiger partial charge in [-0.2, -0.15) is 5.53 Å². The molecular weight excluding hydrogens is 410 g/mol. The smallest absolute Gasteiger partial charge is 0.210 e. The van der Waals surface area contributed by atoms with Crippen LogP contribution < -0.4 is 37.0 Å². The third-order valence-corrected chi connectivity index (χ3v) is 5.55. The lowest BCUT2D eigenvalue weighted by Gasteiger charge is -2.33. The summed E-state index contributed by atoms with van der Waals surface area (Å²) < 4.78 is 5.40. The minimum atomic E-state index is -0.204. The maximum Gasteiger partial charge on any atom is 0.210 e. The maximum absolute atomic E-state index is 7.93. The van der Waals surface area contributed by atoms with E-state index in [9.17, 15) is 0 Å². The van der Waals surface area contributed by atoms with Crippen molar-refractivity contribution in [1.82, 2.24) is 25.9 Å². The molecule has 12 heteroatoms. The largest absolute Gasteiger partial charge is 0.378 e. The van der Waals surface area contributed by atoms with E-state index in [0.29, 0.717) is 5.82 Å². The summed E-state index contributed by atoms with van der Waals surface area (Å²) in [5, 5.41) is 9.28. The Labute approximate surface area is 187 Å². The number of hydrogen-bond acceptors (Lipinski definition) is 10. The summed E-state index contributed by atoms with van der Waals surface area (Å²) in [7, 11) is 2.11. The van der Waals surface area contributed by atoms with Crippen LogP contribution in [0.25, 0.3) is 0 Å². The standard InChI is InChI=1S/C20H31N11O/c1-28-6-8-30(9-7-28)18-14-19(24-15-23-18)31(20(21)22)27-26-25-16-2-4-17(5-3-16)29-10-12-32-13-11-29/h2-5,14-15,25-27H,6-13H2,1H3,(H3,21,22). The summed E-state index contributed by atoms with van der Waals surface area (Å²) in [5.41, 5.74) is 16.6. The van der Waals surface area contributed by atoms with Gasteiger partial charge < -0.3 is 30.6 Å². The number of ether oxygens (including phenoxy) is 1. The number of hydrogen-bond donors (Lipinski definition) is 5. The van der Waals surface area contributed by atoms with E-state index < -0.39 is 0 Å². The number of rotatable bonds is 7. The van der Waals surface area contributed by atoms with Crippen LogP contribution in [0.1, 0.15) is 0 Å². The normalized spacial score (nSPS) is 17.3. The monoisotopic (exact) mass is 441 g/mol. The Kier molecular flexibility index (Phi) is 7.17. The van der Waals surface area contributed by atoms with E-state index >= 15 is 0 Å². The lowest BCUT2D eigenvalue weighted by Crippen LogP contribution is -2.55. The summed E-state index contributed by atoms with van der Waals surface area (Å²) in [6, 6.07) is 9.90. The first-order valence-corrected chi connectivity index (χ1v) is 10.7. The topological polar surface area (TPSA) is 134 Å². The van der Waals surface area contributed by atoms with Crippen molar-refractivity contribution in [2.75, 3.05) is 79.8 Å². The number of nitrogens with zero attached hydrogens (tertiary/aromatic N) is 6. The number of likely N-dealkylation sites (N-methyl/N-ethyl adjacent to an activating group) is 1. The number of benzene rings is 1. The van der Waals surface area contributed by atoms with E-state index in [4.69, 9.17) is 15.9 Å². The first-order valence-electron chi connectivity index (χ1n) is 10.7. The summed E-state index contributed by atoms with van der Waals surface area (Å²) >= 11 is 0. The SMILES string of the molecule is CN1CCN(c2cc(N(NNNc3ccc(N4CCOCC4)cc3)C(=N)N)ncn2)CC1. The van der Waals surface area contributed by atoms with Crippen LogP contribution in [0.15, 0.2) is 36.7 Å². The van der Waals surface area contributed by atoms with Crippen LogP contribution in [0.3, 0.4) is 0 Å². The zero-order chi connectivity index (χ0) is 22.3. The number of anilines is 4. The van der Waals surface area contributed by atoms with Gasteiger partial charge >= 0.3 is 0 Å². The lowest BCUT2D eigenvalue weighted by atomic mass is 10.2. The summed E-state index contributed by atoms with van der Waals surface area (Å²) in [6.45, 7) is 7.04. The Morgan fingerprint density at radius 3 is 2.44 bits per heavy atom. The van der Waals surface area contributed by atoms with Crippen LogP contribution in [-0.2, 0) is 4.74 Å². The van der Waals surface area contributed by atoms with Crippen molar-refractivity contribution in [2.24, 2.45) is 5.73 Å². The second kappa shape index (κ2) is 10.4. The molecule has 0 saturated carbocycles. The van der Waals surface area contributed by atoms with Gasteiger partial charge in [-0.15, -0.1) is 5.53 Å². The molecule has 2 aromatic rings. The third-order valence-electron chi connectivity index (χ3n) is 5.55. The quantitative estimate of drug-likeness (QED) is 0.222. The Morgan fingerprint density at radius 1 is 1.03 bits per heavy atom. The molecule has 12 nitrogen and oxygen atoms in total. The van der Waals surface area contributed by atoms with Gasteiger partial charge in [0, 0.05) is 51.0 Å². The Bertz CT molecular complexity index is 879. The second-order valence-corrected chi connectivity index (χ2v) is 7.75. The third kappa shape index (κ3) is 5.53. The molecule has 3 heterocycles. The van der Waals surface area contributed by atoms with Gasteiger partial charge in [-0.3, -0.25) is 5.41 Å². The van der Waals surface area contributed by atoms with Crippen molar-refractivity contribution < 1.29 is 4.74 Å². The van der Waals surface area contributed by atoms with Gasteiger partial charge in [0.05, 0.1) is 18.9 Å². The summed E-state index contributed by atoms with van der Waals surface area (Å²) in [5.74, 6) is 1.08. The molecule has 0 unspecified atom stereocenters. The number of nitrogens with two attached hydrogens (primary N) is 1. The van der Waals surface area contributed by atoms with Gasteiger partial charge in [-0.05, 0) is 31.3 Å². The lowest BCUT2D eigenvalue weighted by molar-refractivity contribution is 0.122. The van der Waals surface area contributed by atoms with Gasteiger partial charge in [0.25, 0.3) is 0 Å². The molecule has 0 spiro atoms. The van der Waals surface area contributed by atoms with Crippen molar-refractivity contribution >= 4 is 29.0 Å². The molecule has 4 rings (SSSR count). The highest BCUT2D eigenvalue weighted by atomic mass is 16.5. The molecule has 0 bridgehead atoms. The molecule has 32 heavy (non-hydrogen) atoms. The number of aromatic nitrogens is 2.